The minimum atomic E-state index is -0.297. The van der Waals surface area contributed by atoms with Crippen LogP contribution in [0.1, 0.15) is 18.1 Å². The van der Waals surface area contributed by atoms with E-state index in [0.717, 1.165) is 12.1 Å². The van der Waals surface area contributed by atoms with Crippen molar-refractivity contribution in [1.82, 2.24) is 0 Å². The van der Waals surface area contributed by atoms with Crippen LogP contribution >= 0.6 is 0 Å². The molecule has 0 aromatic heterocycles. The molecule has 0 aliphatic heterocycles. The third kappa shape index (κ3) is 2.62. The molecule has 0 saturated carbocycles. The van der Waals surface area contributed by atoms with Gasteiger partial charge in [0, 0.05) is 5.69 Å². The van der Waals surface area contributed by atoms with E-state index in [-0.39, 0.29) is 5.82 Å². The van der Waals surface area contributed by atoms with Gasteiger partial charge in [0.25, 0.3) is 0 Å². The molecule has 0 atom stereocenters. The molecular weight excluding hydrogens is 227 g/mol. The highest BCUT2D eigenvalue weighted by Crippen LogP contribution is 2.25. The molecule has 0 fully saturated rings. The normalized spacial score (nSPS) is 10.4. The molecule has 2 nitrogen and oxygen atoms in total. The topological polar surface area (TPSA) is 38.0 Å². The molecular formula is C15H17FN2. The van der Waals surface area contributed by atoms with Crippen molar-refractivity contribution in [2.24, 2.45) is 0 Å². The summed E-state index contributed by atoms with van der Waals surface area (Å²) in [5.74, 6) is -0.297. The van der Waals surface area contributed by atoms with Crippen LogP contribution in [0.5, 0.6) is 0 Å². The Morgan fingerprint density at radius 1 is 1.17 bits per heavy atom. The lowest BCUT2D eigenvalue weighted by Crippen LogP contribution is -1.98. The Balaban J connectivity index is 2.31. The van der Waals surface area contributed by atoms with Crippen LogP contribution < -0.4 is 11.1 Å². The Bertz CT molecular complexity index is 564. The van der Waals surface area contributed by atoms with Crippen LogP contribution in [0.4, 0.5) is 21.5 Å². The molecule has 0 aliphatic carbocycles. The van der Waals surface area contributed by atoms with Gasteiger partial charge in [-0.2, -0.15) is 0 Å². The molecule has 0 bridgehead atoms. The van der Waals surface area contributed by atoms with Crippen molar-refractivity contribution in [2.75, 3.05) is 11.1 Å². The zero-order valence-corrected chi connectivity index (χ0v) is 10.6. The number of benzene rings is 2. The van der Waals surface area contributed by atoms with E-state index in [2.05, 4.69) is 31.3 Å². The van der Waals surface area contributed by atoms with Gasteiger partial charge in [-0.25, -0.2) is 4.39 Å². The first kappa shape index (κ1) is 12.4. The van der Waals surface area contributed by atoms with Crippen molar-refractivity contribution < 1.29 is 4.39 Å². The number of anilines is 3. The highest BCUT2D eigenvalue weighted by atomic mass is 19.1. The summed E-state index contributed by atoms with van der Waals surface area (Å²) in [5, 5.41) is 3.15. The Morgan fingerprint density at radius 3 is 2.67 bits per heavy atom. The van der Waals surface area contributed by atoms with Crippen LogP contribution in [0, 0.1) is 12.7 Å². The fraction of sp³-hybridized carbons (Fsp3) is 0.200. The van der Waals surface area contributed by atoms with Gasteiger partial charge in [0.1, 0.15) is 5.82 Å². The summed E-state index contributed by atoms with van der Waals surface area (Å²) >= 11 is 0. The molecule has 0 aliphatic rings. The maximum absolute atomic E-state index is 13.2. The van der Waals surface area contributed by atoms with Crippen molar-refractivity contribution >= 4 is 17.1 Å². The quantitative estimate of drug-likeness (QED) is 0.800. The fourth-order valence-electron chi connectivity index (χ4n) is 1.92. The molecule has 0 amide bonds. The van der Waals surface area contributed by atoms with E-state index in [0.29, 0.717) is 11.4 Å². The predicted octanol–water partition coefficient (Wildman–Crippen LogP) is 4.02. The number of hydrogen-bond donors (Lipinski definition) is 2. The minimum Gasteiger partial charge on any atom is -0.397 e. The lowest BCUT2D eigenvalue weighted by molar-refractivity contribution is 0.628. The number of aryl methyl sites for hydroxylation is 2. The summed E-state index contributed by atoms with van der Waals surface area (Å²) < 4.78 is 13.2. The van der Waals surface area contributed by atoms with Gasteiger partial charge in [0.05, 0.1) is 11.4 Å². The second kappa shape index (κ2) is 5.08. The van der Waals surface area contributed by atoms with E-state index < -0.39 is 0 Å². The van der Waals surface area contributed by atoms with Crippen molar-refractivity contribution in [2.45, 2.75) is 20.3 Å². The summed E-state index contributed by atoms with van der Waals surface area (Å²) in [4.78, 5) is 0. The van der Waals surface area contributed by atoms with E-state index >= 15 is 0 Å². The summed E-state index contributed by atoms with van der Waals surface area (Å²) in [7, 11) is 0. The molecule has 18 heavy (non-hydrogen) atoms. The van der Waals surface area contributed by atoms with E-state index in [1.165, 1.54) is 23.3 Å². The van der Waals surface area contributed by atoms with Gasteiger partial charge in [-0.15, -0.1) is 0 Å². The summed E-state index contributed by atoms with van der Waals surface area (Å²) in [6.07, 6.45) is 0.972. The zero-order valence-electron chi connectivity index (χ0n) is 10.6. The number of hydrogen-bond acceptors (Lipinski definition) is 2. The molecule has 2 aromatic carbocycles. The van der Waals surface area contributed by atoms with Crippen LogP contribution in [-0.2, 0) is 6.42 Å². The first-order valence-corrected chi connectivity index (χ1v) is 6.01. The smallest absolute Gasteiger partial charge is 0.125 e. The predicted molar refractivity (Wildman–Crippen MR) is 74.7 cm³/mol. The molecule has 2 aromatic rings. The molecule has 2 rings (SSSR count). The number of halogens is 1. The molecule has 3 heteroatoms. The van der Waals surface area contributed by atoms with Crippen LogP contribution in [0.2, 0.25) is 0 Å². The maximum atomic E-state index is 13.2. The molecule has 0 heterocycles. The molecule has 0 spiro atoms. The lowest BCUT2D eigenvalue weighted by Gasteiger charge is -2.11. The number of nitrogens with one attached hydrogen (secondary N) is 1. The van der Waals surface area contributed by atoms with E-state index in [9.17, 15) is 4.39 Å². The first-order chi connectivity index (χ1) is 8.60. The lowest BCUT2D eigenvalue weighted by atomic mass is 10.1. The molecule has 0 radical (unpaired) electrons. The standard InChI is InChI=1S/C15H17FN2/c1-3-11-8-13(6-4-10(11)2)18-15-9-12(16)5-7-14(15)17/h4-9,18H,3,17H2,1-2H3. The molecule has 94 valence electrons. The summed E-state index contributed by atoms with van der Waals surface area (Å²) in [6, 6.07) is 10.4. The average molecular weight is 244 g/mol. The zero-order chi connectivity index (χ0) is 13.1. The van der Waals surface area contributed by atoms with E-state index in [1.54, 1.807) is 6.07 Å². The van der Waals surface area contributed by atoms with Crippen molar-refractivity contribution in [3.05, 3.63) is 53.3 Å². The van der Waals surface area contributed by atoms with Crippen LogP contribution in [0.25, 0.3) is 0 Å². The van der Waals surface area contributed by atoms with E-state index in [4.69, 9.17) is 5.73 Å². The SMILES string of the molecule is CCc1cc(Nc2cc(F)ccc2N)ccc1C. The molecule has 0 unspecified atom stereocenters. The van der Waals surface area contributed by atoms with E-state index in [1.807, 2.05) is 6.07 Å². The van der Waals surface area contributed by atoms with Crippen molar-refractivity contribution in [3.63, 3.8) is 0 Å². The molecule has 3 N–H and O–H groups in total. The van der Waals surface area contributed by atoms with Gasteiger partial charge >= 0.3 is 0 Å². The number of nitrogen functional groups attached to an aromatic ring is 1. The van der Waals surface area contributed by atoms with Gasteiger partial charge in [0.15, 0.2) is 0 Å². The Kier molecular flexibility index (Phi) is 3.51. The first-order valence-electron chi connectivity index (χ1n) is 6.01. The third-order valence-corrected chi connectivity index (χ3v) is 3.02. The van der Waals surface area contributed by atoms with Crippen molar-refractivity contribution in [3.8, 4) is 0 Å². The Hall–Kier alpha value is -2.03. The van der Waals surface area contributed by atoms with Crippen LogP contribution in [0.3, 0.4) is 0 Å². The molecule has 0 saturated heterocycles. The largest absolute Gasteiger partial charge is 0.397 e. The number of rotatable bonds is 3. The minimum absolute atomic E-state index is 0.297. The van der Waals surface area contributed by atoms with Gasteiger partial charge < -0.3 is 11.1 Å². The monoisotopic (exact) mass is 244 g/mol. The summed E-state index contributed by atoms with van der Waals surface area (Å²) in [5.41, 5.74) is 10.4. The van der Waals surface area contributed by atoms with Gasteiger partial charge in [-0.3, -0.25) is 0 Å². The Morgan fingerprint density at radius 2 is 1.94 bits per heavy atom. The van der Waals surface area contributed by atoms with Crippen LogP contribution in [0.15, 0.2) is 36.4 Å². The van der Waals surface area contributed by atoms with Crippen molar-refractivity contribution in [1.29, 1.82) is 0 Å². The third-order valence-electron chi connectivity index (χ3n) is 3.02. The maximum Gasteiger partial charge on any atom is 0.125 e. The average Bonchev–Trinajstić information content (AvgIpc) is 2.36. The highest BCUT2D eigenvalue weighted by Gasteiger charge is 2.03. The summed E-state index contributed by atoms with van der Waals surface area (Å²) in [6.45, 7) is 4.20. The second-order valence-corrected chi connectivity index (χ2v) is 4.35. The van der Waals surface area contributed by atoms with Crippen LogP contribution in [-0.4, -0.2) is 0 Å². The van der Waals surface area contributed by atoms with Gasteiger partial charge in [-0.05, 0) is 54.8 Å². The fourth-order valence-corrected chi connectivity index (χ4v) is 1.92. The van der Waals surface area contributed by atoms with Gasteiger partial charge in [-0.1, -0.05) is 13.0 Å². The second-order valence-electron chi connectivity index (χ2n) is 4.35. The Labute approximate surface area is 107 Å². The highest BCUT2D eigenvalue weighted by molar-refractivity contribution is 5.72. The van der Waals surface area contributed by atoms with Gasteiger partial charge in [0.2, 0.25) is 0 Å². The number of nitrogens with two attached hydrogens (primary N) is 1.